The zero-order chi connectivity index (χ0) is 22.5. The van der Waals surface area contributed by atoms with E-state index >= 15 is 0 Å². The number of amidine groups is 1. The Morgan fingerprint density at radius 2 is 1.97 bits per heavy atom. The molecule has 1 amide bonds. The normalized spacial score (nSPS) is 16.2. The number of carbonyl (C=O) groups is 2. The molecule has 0 radical (unpaired) electrons. The molecule has 1 aliphatic heterocycles. The molecule has 31 heavy (non-hydrogen) atoms. The lowest BCUT2D eigenvalue weighted by atomic mass is 10.2. The van der Waals surface area contributed by atoms with Gasteiger partial charge in [-0.3, -0.25) is 9.69 Å². The molecule has 2 aromatic rings. The van der Waals surface area contributed by atoms with E-state index in [1.165, 1.54) is 18.9 Å². The molecule has 1 heterocycles. The van der Waals surface area contributed by atoms with Crippen molar-refractivity contribution in [1.82, 2.24) is 4.90 Å². The summed E-state index contributed by atoms with van der Waals surface area (Å²) in [5, 5.41) is 0.552. The van der Waals surface area contributed by atoms with Crippen molar-refractivity contribution < 1.29 is 23.8 Å². The number of hydrogen-bond donors (Lipinski definition) is 0. The molecule has 1 aliphatic rings. The average molecular weight is 552 g/mol. The predicted octanol–water partition coefficient (Wildman–Crippen LogP) is 4.72. The van der Waals surface area contributed by atoms with Gasteiger partial charge < -0.3 is 14.2 Å². The number of carbonyl (C=O) groups excluding carboxylic acids is 2. The van der Waals surface area contributed by atoms with Gasteiger partial charge in [-0.25, -0.2) is 9.79 Å². The monoisotopic (exact) mass is 552 g/mol. The van der Waals surface area contributed by atoms with Gasteiger partial charge in [0.05, 0.1) is 41.1 Å². The van der Waals surface area contributed by atoms with E-state index in [1.54, 1.807) is 43.4 Å². The second-order valence-electron chi connectivity index (χ2n) is 6.33. The topological polar surface area (TPSA) is 77.4 Å². The molecule has 0 N–H and O–H groups in total. The summed E-state index contributed by atoms with van der Waals surface area (Å²) in [6, 6.07) is 10.5. The lowest BCUT2D eigenvalue weighted by Gasteiger charge is -2.12. The first-order valence-corrected chi connectivity index (χ1v) is 11.2. The molecule has 0 atom stereocenters. The smallest absolute Gasteiger partial charge is 0.337 e. The molecule has 0 spiro atoms. The van der Waals surface area contributed by atoms with Crippen LogP contribution in [0.1, 0.15) is 22.8 Å². The molecule has 9 heteroatoms. The molecular formula is C22H21IN2O5S. The fraction of sp³-hybridized carbons (Fsp3) is 0.227. The second-order valence-corrected chi connectivity index (χ2v) is 8.51. The fourth-order valence-electron chi connectivity index (χ4n) is 2.97. The van der Waals surface area contributed by atoms with Gasteiger partial charge in [0.15, 0.2) is 16.7 Å². The molecule has 7 nitrogen and oxygen atoms in total. The van der Waals surface area contributed by atoms with Gasteiger partial charge >= 0.3 is 5.97 Å². The van der Waals surface area contributed by atoms with Crippen molar-refractivity contribution in [3.8, 4) is 11.5 Å². The predicted molar refractivity (Wildman–Crippen MR) is 130 cm³/mol. The van der Waals surface area contributed by atoms with Crippen LogP contribution in [0.5, 0.6) is 11.5 Å². The number of aliphatic imine (C=N–C) groups is 1. The van der Waals surface area contributed by atoms with Crippen molar-refractivity contribution in [2.75, 3.05) is 27.9 Å². The summed E-state index contributed by atoms with van der Waals surface area (Å²) in [7, 11) is 4.50. The van der Waals surface area contributed by atoms with Crippen LogP contribution >= 0.6 is 34.4 Å². The Hall–Kier alpha value is -2.53. The Morgan fingerprint density at radius 1 is 1.19 bits per heavy atom. The van der Waals surface area contributed by atoms with Gasteiger partial charge in [-0.15, -0.1) is 0 Å². The first-order chi connectivity index (χ1) is 14.9. The third-order valence-corrected chi connectivity index (χ3v) is 6.26. The standard InChI is InChI=1S/C22H21IN2O5S/c1-5-25-20(26)18(11-13-9-16(23)19(29-3)17(10-13)28-2)31-22(25)24-15-8-6-7-14(12-15)21(27)30-4/h6-12H,5H2,1-4H3. The molecule has 0 saturated carbocycles. The molecule has 0 aliphatic carbocycles. The SMILES string of the molecule is CCN1C(=O)C(=Cc2cc(I)c(OC)c(OC)c2)SC1=Nc1cccc(C(=O)OC)c1. The van der Waals surface area contributed by atoms with Gasteiger partial charge in [-0.2, -0.15) is 0 Å². The van der Waals surface area contributed by atoms with E-state index in [-0.39, 0.29) is 5.91 Å². The Labute approximate surface area is 198 Å². The summed E-state index contributed by atoms with van der Waals surface area (Å²) < 4.78 is 16.4. The van der Waals surface area contributed by atoms with Crippen LogP contribution in [-0.2, 0) is 9.53 Å². The van der Waals surface area contributed by atoms with Gasteiger partial charge in [0.25, 0.3) is 5.91 Å². The number of halogens is 1. The zero-order valence-corrected chi connectivity index (χ0v) is 20.4. The lowest BCUT2D eigenvalue weighted by molar-refractivity contribution is -0.122. The van der Waals surface area contributed by atoms with E-state index in [2.05, 4.69) is 27.6 Å². The number of likely N-dealkylation sites (N-methyl/N-ethyl adjacent to an activating group) is 1. The highest BCUT2D eigenvalue weighted by atomic mass is 127. The number of methoxy groups -OCH3 is 3. The number of thioether (sulfide) groups is 1. The lowest BCUT2D eigenvalue weighted by Crippen LogP contribution is -2.28. The van der Waals surface area contributed by atoms with Crippen LogP contribution in [0.4, 0.5) is 5.69 Å². The zero-order valence-electron chi connectivity index (χ0n) is 17.5. The first kappa shape index (κ1) is 23.1. The van der Waals surface area contributed by atoms with Gasteiger partial charge in [0.2, 0.25) is 0 Å². The number of rotatable bonds is 6. The molecule has 0 aromatic heterocycles. The number of amides is 1. The Balaban J connectivity index is 1.96. The van der Waals surface area contributed by atoms with Crippen molar-refractivity contribution in [1.29, 1.82) is 0 Å². The van der Waals surface area contributed by atoms with E-state index in [0.717, 1.165) is 9.13 Å². The highest BCUT2D eigenvalue weighted by Gasteiger charge is 2.32. The average Bonchev–Trinajstić information content (AvgIpc) is 3.06. The summed E-state index contributed by atoms with van der Waals surface area (Å²) in [5.74, 6) is 0.685. The Bertz CT molecular complexity index is 1080. The third-order valence-electron chi connectivity index (χ3n) is 4.45. The van der Waals surface area contributed by atoms with Crippen LogP contribution in [0, 0.1) is 3.57 Å². The maximum Gasteiger partial charge on any atom is 0.337 e. The molecule has 0 unspecified atom stereocenters. The van der Waals surface area contributed by atoms with Crippen molar-refractivity contribution in [3.63, 3.8) is 0 Å². The number of hydrogen-bond acceptors (Lipinski definition) is 7. The summed E-state index contributed by atoms with van der Waals surface area (Å²) >= 11 is 3.46. The first-order valence-electron chi connectivity index (χ1n) is 9.31. The number of benzene rings is 2. The largest absolute Gasteiger partial charge is 0.493 e. The van der Waals surface area contributed by atoms with Gasteiger partial charge in [0.1, 0.15) is 0 Å². The molecular weight excluding hydrogens is 531 g/mol. The van der Waals surface area contributed by atoms with Crippen LogP contribution in [-0.4, -0.2) is 49.8 Å². The molecule has 3 rings (SSSR count). The molecule has 0 bridgehead atoms. The van der Waals surface area contributed by atoms with Gasteiger partial charge in [0, 0.05) is 6.54 Å². The van der Waals surface area contributed by atoms with Crippen LogP contribution in [0.3, 0.4) is 0 Å². The van der Waals surface area contributed by atoms with Crippen LogP contribution in [0.15, 0.2) is 46.3 Å². The van der Waals surface area contributed by atoms with Crippen molar-refractivity contribution in [2.24, 2.45) is 4.99 Å². The molecule has 1 saturated heterocycles. The van der Waals surface area contributed by atoms with Crippen molar-refractivity contribution >= 4 is 63.2 Å². The van der Waals surface area contributed by atoms with E-state index in [0.29, 0.717) is 39.4 Å². The maximum atomic E-state index is 12.9. The summed E-state index contributed by atoms with van der Waals surface area (Å²) in [4.78, 5) is 31.5. The Kier molecular flexibility index (Phi) is 7.60. The summed E-state index contributed by atoms with van der Waals surface area (Å²) in [6.45, 7) is 2.36. The van der Waals surface area contributed by atoms with Crippen molar-refractivity contribution in [3.05, 3.63) is 56.0 Å². The summed E-state index contributed by atoms with van der Waals surface area (Å²) in [6.07, 6.45) is 1.81. The van der Waals surface area contributed by atoms with E-state index in [9.17, 15) is 9.59 Å². The second kappa shape index (κ2) is 10.2. The highest BCUT2D eigenvalue weighted by Crippen LogP contribution is 2.37. The van der Waals surface area contributed by atoms with Gasteiger partial charge in [-0.05, 0) is 83.2 Å². The summed E-state index contributed by atoms with van der Waals surface area (Å²) in [5.41, 5.74) is 1.79. The van der Waals surface area contributed by atoms with Crippen molar-refractivity contribution in [2.45, 2.75) is 6.92 Å². The maximum absolute atomic E-state index is 12.9. The van der Waals surface area contributed by atoms with E-state index < -0.39 is 5.97 Å². The van der Waals surface area contributed by atoms with E-state index in [4.69, 9.17) is 14.2 Å². The minimum atomic E-state index is -0.437. The minimum Gasteiger partial charge on any atom is -0.493 e. The fourth-order valence-corrected chi connectivity index (χ4v) is 4.88. The number of esters is 1. The third kappa shape index (κ3) is 5.04. The number of nitrogens with zero attached hydrogens (tertiary/aromatic N) is 2. The Morgan fingerprint density at radius 3 is 2.61 bits per heavy atom. The van der Waals surface area contributed by atoms with Gasteiger partial charge in [-0.1, -0.05) is 6.07 Å². The molecule has 1 fully saturated rings. The molecule has 162 valence electrons. The minimum absolute atomic E-state index is 0.125. The van der Waals surface area contributed by atoms with Crippen LogP contribution < -0.4 is 9.47 Å². The van der Waals surface area contributed by atoms with E-state index in [1.807, 2.05) is 25.1 Å². The molecule has 2 aromatic carbocycles. The van der Waals surface area contributed by atoms with Crippen LogP contribution in [0.2, 0.25) is 0 Å². The highest BCUT2D eigenvalue weighted by molar-refractivity contribution is 14.1. The quantitative estimate of drug-likeness (QED) is 0.294. The van der Waals surface area contributed by atoms with Crippen LogP contribution in [0.25, 0.3) is 6.08 Å². The number of ether oxygens (including phenoxy) is 3.